The summed E-state index contributed by atoms with van der Waals surface area (Å²) < 4.78 is 5.93. The molecule has 5 heteroatoms. The summed E-state index contributed by atoms with van der Waals surface area (Å²) in [5.41, 5.74) is 1.89. The zero-order chi connectivity index (χ0) is 15.2. The van der Waals surface area contributed by atoms with Crippen LogP contribution in [0.3, 0.4) is 0 Å². The van der Waals surface area contributed by atoms with Gasteiger partial charge in [-0.1, -0.05) is 30.3 Å². The predicted molar refractivity (Wildman–Crippen MR) is 83.7 cm³/mol. The summed E-state index contributed by atoms with van der Waals surface area (Å²) in [5.74, 6) is -0.269. The lowest BCUT2D eigenvalue weighted by Crippen LogP contribution is -2.22. The zero-order valence-electron chi connectivity index (χ0n) is 11.3. The molecule has 0 saturated heterocycles. The van der Waals surface area contributed by atoms with E-state index >= 15 is 0 Å². The van der Waals surface area contributed by atoms with Crippen molar-refractivity contribution in [1.29, 1.82) is 5.26 Å². The molecule has 0 saturated carbocycles. The summed E-state index contributed by atoms with van der Waals surface area (Å²) >= 11 is 3.34. The van der Waals surface area contributed by atoms with Crippen molar-refractivity contribution in [2.24, 2.45) is 0 Å². The number of benzene rings is 2. The van der Waals surface area contributed by atoms with Crippen molar-refractivity contribution in [3.05, 3.63) is 64.1 Å². The summed E-state index contributed by atoms with van der Waals surface area (Å²) in [7, 11) is 1.49. The number of rotatable bonds is 4. The maximum atomic E-state index is 12.3. The number of methoxy groups -OCH3 is 1. The first-order chi connectivity index (χ1) is 10.2. The summed E-state index contributed by atoms with van der Waals surface area (Å²) in [6.07, 6.45) is -0.686. The quantitative estimate of drug-likeness (QED) is 0.920. The van der Waals surface area contributed by atoms with Gasteiger partial charge >= 0.3 is 0 Å². The van der Waals surface area contributed by atoms with E-state index in [1.807, 2.05) is 36.4 Å². The van der Waals surface area contributed by atoms with Crippen molar-refractivity contribution >= 4 is 27.5 Å². The molecule has 21 heavy (non-hydrogen) atoms. The van der Waals surface area contributed by atoms with Crippen molar-refractivity contribution < 1.29 is 9.53 Å². The molecule has 1 amide bonds. The average molecular weight is 345 g/mol. The Morgan fingerprint density at radius 3 is 2.57 bits per heavy atom. The molecule has 2 aromatic rings. The first-order valence-electron chi connectivity index (χ1n) is 6.24. The highest BCUT2D eigenvalue weighted by Crippen LogP contribution is 2.25. The minimum Gasteiger partial charge on any atom is -0.367 e. The standard InChI is InChI=1S/C16H13BrN2O2/c1-21-15(12-5-3-2-4-6-12)16(20)19-14-8-7-11(10-18)9-13(14)17/h2-9,15H,1H3,(H,19,20). The van der Waals surface area contributed by atoms with E-state index in [0.29, 0.717) is 15.7 Å². The van der Waals surface area contributed by atoms with Gasteiger partial charge in [-0.15, -0.1) is 0 Å². The van der Waals surface area contributed by atoms with E-state index in [1.165, 1.54) is 7.11 Å². The number of ether oxygens (including phenoxy) is 1. The number of amides is 1. The first kappa shape index (κ1) is 15.2. The molecule has 106 valence electrons. The van der Waals surface area contributed by atoms with Gasteiger partial charge in [0, 0.05) is 11.6 Å². The Labute approximate surface area is 131 Å². The molecule has 4 nitrogen and oxygen atoms in total. The number of hydrogen-bond donors (Lipinski definition) is 1. The third-order valence-corrected chi connectivity index (χ3v) is 3.59. The van der Waals surface area contributed by atoms with E-state index in [9.17, 15) is 4.79 Å². The van der Waals surface area contributed by atoms with Gasteiger partial charge in [-0.05, 0) is 39.7 Å². The van der Waals surface area contributed by atoms with Crippen molar-refractivity contribution in [1.82, 2.24) is 0 Å². The van der Waals surface area contributed by atoms with Crippen LogP contribution in [-0.4, -0.2) is 13.0 Å². The fourth-order valence-electron chi connectivity index (χ4n) is 1.91. The van der Waals surface area contributed by atoms with Gasteiger partial charge in [0.05, 0.1) is 17.3 Å². The van der Waals surface area contributed by atoms with Gasteiger partial charge in [-0.3, -0.25) is 4.79 Å². The van der Waals surface area contributed by atoms with E-state index < -0.39 is 6.10 Å². The summed E-state index contributed by atoms with van der Waals surface area (Å²) in [6.45, 7) is 0. The van der Waals surface area contributed by atoms with Crippen LogP contribution in [0.2, 0.25) is 0 Å². The number of carbonyl (C=O) groups is 1. The molecular formula is C16H13BrN2O2. The van der Waals surface area contributed by atoms with Crippen LogP contribution in [0.1, 0.15) is 17.2 Å². The molecule has 0 spiro atoms. The molecule has 1 N–H and O–H groups in total. The lowest BCUT2D eigenvalue weighted by atomic mass is 10.1. The second-order valence-electron chi connectivity index (χ2n) is 4.32. The number of anilines is 1. The van der Waals surface area contributed by atoms with E-state index in [2.05, 4.69) is 21.2 Å². The van der Waals surface area contributed by atoms with Crippen molar-refractivity contribution in [3.63, 3.8) is 0 Å². The number of halogens is 1. The second-order valence-corrected chi connectivity index (χ2v) is 5.18. The Kier molecular flexibility index (Phi) is 5.09. The Bertz CT molecular complexity index is 680. The van der Waals surface area contributed by atoms with Gasteiger partial charge < -0.3 is 10.1 Å². The number of carbonyl (C=O) groups excluding carboxylic acids is 1. The topological polar surface area (TPSA) is 62.1 Å². The van der Waals surface area contributed by atoms with Gasteiger partial charge in [0.1, 0.15) is 0 Å². The van der Waals surface area contributed by atoms with E-state index in [0.717, 1.165) is 5.56 Å². The summed E-state index contributed by atoms with van der Waals surface area (Å²) in [5, 5.41) is 11.6. The molecule has 0 aromatic heterocycles. The van der Waals surface area contributed by atoms with Crippen molar-refractivity contribution in [2.75, 3.05) is 12.4 Å². The molecule has 0 heterocycles. The van der Waals surface area contributed by atoms with E-state index in [4.69, 9.17) is 10.00 Å². The highest BCUT2D eigenvalue weighted by Gasteiger charge is 2.20. The third-order valence-electron chi connectivity index (χ3n) is 2.93. The maximum absolute atomic E-state index is 12.3. The Hall–Kier alpha value is -2.16. The van der Waals surface area contributed by atoms with Crippen LogP contribution < -0.4 is 5.32 Å². The molecule has 0 radical (unpaired) electrons. The molecule has 0 aliphatic rings. The van der Waals surface area contributed by atoms with E-state index in [-0.39, 0.29) is 5.91 Å². The highest BCUT2D eigenvalue weighted by molar-refractivity contribution is 9.10. The molecule has 1 atom stereocenters. The van der Waals surface area contributed by atoms with Gasteiger partial charge in [-0.2, -0.15) is 5.26 Å². The molecular weight excluding hydrogens is 332 g/mol. The predicted octanol–water partition coefficient (Wildman–Crippen LogP) is 3.65. The lowest BCUT2D eigenvalue weighted by Gasteiger charge is -2.16. The van der Waals surface area contributed by atoms with Crippen LogP contribution in [0.15, 0.2) is 53.0 Å². The number of nitriles is 1. The monoisotopic (exact) mass is 344 g/mol. The Morgan fingerprint density at radius 2 is 2.00 bits per heavy atom. The fraction of sp³-hybridized carbons (Fsp3) is 0.125. The highest BCUT2D eigenvalue weighted by atomic mass is 79.9. The SMILES string of the molecule is COC(C(=O)Nc1ccc(C#N)cc1Br)c1ccccc1. The normalized spacial score (nSPS) is 11.5. The number of nitrogens with zero attached hydrogens (tertiary/aromatic N) is 1. The van der Waals surface area contributed by atoms with E-state index in [1.54, 1.807) is 18.2 Å². The van der Waals surface area contributed by atoms with Gasteiger partial charge in [0.2, 0.25) is 0 Å². The van der Waals surface area contributed by atoms with Gasteiger partial charge in [0.25, 0.3) is 5.91 Å². The molecule has 0 bridgehead atoms. The summed E-state index contributed by atoms with van der Waals surface area (Å²) in [4.78, 5) is 12.3. The first-order valence-corrected chi connectivity index (χ1v) is 7.03. The van der Waals surface area contributed by atoms with Crippen LogP contribution in [0, 0.1) is 11.3 Å². The molecule has 1 unspecified atom stereocenters. The average Bonchev–Trinajstić information content (AvgIpc) is 2.51. The van der Waals surface area contributed by atoms with Gasteiger partial charge in [0.15, 0.2) is 6.10 Å². The largest absolute Gasteiger partial charge is 0.367 e. The minimum absolute atomic E-state index is 0.269. The second kappa shape index (κ2) is 7.02. The van der Waals surface area contributed by atoms with Crippen LogP contribution in [0.4, 0.5) is 5.69 Å². The summed E-state index contributed by atoms with van der Waals surface area (Å²) in [6, 6.07) is 16.3. The molecule has 0 aliphatic carbocycles. The van der Waals surface area contributed by atoms with Gasteiger partial charge in [-0.25, -0.2) is 0 Å². The maximum Gasteiger partial charge on any atom is 0.258 e. The smallest absolute Gasteiger partial charge is 0.258 e. The van der Waals surface area contributed by atoms with Crippen LogP contribution in [0.25, 0.3) is 0 Å². The van der Waals surface area contributed by atoms with Crippen LogP contribution in [0.5, 0.6) is 0 Å². The number of hydrogen-bond acceptors (Lipinski definition) is 3. The number of nitrogens with one attached hydrogen (secondary N) is 1. The fourth-order valence-corrected chi connectivity index (χ4v) is 2.38. The van der Waals surface area contributed by atoms with Crippen LogP contribution in [-0.2, 0) is 9.53 Å². The van der Waals surface area contributed by atoms with Crippen molar-refractivity contribution in [2.45, 2.75) is 6.10 Å². The lowest BCUT2D eigenvalue weighted by molar-refractivity contribution is -0.126. The third kappa shape index (κ3) is 3.69. The van der Waals surface area contributed by atoms with Crippen LogP contribution >= 0.6 is 15.9 Å². The zero-order valence-corrected chi connectivity index (χ0v) is 12.9. The Morgan fingerprint density at radius 1 is 1.29 bits per heavy atom. The minimum atomic E-state index is -0.686. The molecule has 0 aliphatic heterocycles. The Balaban J connectivity index is 2.19. The molecule has 0 fully saturated rings. The molecule has 2 aromatic carbocycles. The molecule has 2 rings (SSSR count). The van der Waals surface area contributed by atoms with Crippen molar-refractivity contribution in [3.8, 4) is 6.07 Å².